The lowest BCUT2D eigenvalue weighted by molar-refractivity contribution is -0.161. The molecule has 9 nitrogen and oxygen atoms in total. The molecule has 0 fully saturated rings. The highest BCUT2D eigenvalue weighted by Crippen LogP contribution is 2.43. The second-order valence-corrected chi connectivity index (χ2v) is 22.0. The maximum absolute atomic E-state index is 12.7. The van der Waals surface area contributed by atoms with Gasteiger partial charge in [-0.05, 0) is 89.9 Å². The molecule has 0 aliphatic heterocycles. The topological polar surface area (TPSA) is 134 Å². The molecule has 2 atom stereocenters. The maximum Gasteiger partial charge on any atom is 0.472 e. The van der Waals surface area contributed by atoms with E-state index in [9.17, 15) is 19.0 Å². The van der Waals surface area contributed by atoms with Gasteiger partial charge in [-0.25, -0.2) is 4.57 Å². The van der Waals surface area contributed by atoms with Crippen LogP contribution in [0.5, 0.6) is 0 Å². The van der Waals surface area contributed by atoms with Gasteiger partial charge in [-0.3, -0.25) is 18.6 Å². The first kappa shape index (κ1) is 72.2. The zero-order valence-corrected chi connectivity index (χ0v) is 49.4. The average Bonchev–Trinajstić information content (AvgIpc) is 3.40. The predicted octanol–water partition coefficient (Wildman–Crippen LogP) is 19.9. The number of carbonyl (C=O) groups is 2. The van der Waals surface area contributed by atoms with Crippen molar-refractivity contribution < 1.29 is 37.6 Å². The number of unbranched alkanes of at least 4 members (excludes halogenated alkanes) is 31. The van der Waals surface area contributed by atoms with Gasteiger partial charge in [-0.2, -0.15) is 0 Å². The molecule has 0 rings (SSSR count). The van der Waals surface area contributed by atoms with Gasteiger partial charge in [0.2, 0.25) is 0 Å². The minimum atomic E-state index is -4.40. The van der Waals surface area contributed by atoms with E-state index in [1.54, 1.807) is 0 Å². The van der Waals surface area contributed by atoms with E-state index in [1.165, 1.54) is 167 Å². The lowest BCUT2D eigenvalue weighted by atomic mass is 10.0. The molecule has 0 aliphatic rings. The van der Waals surface area contributed by atoms with Crippen LogP contribution in [0.2, 0.25) is 0 Å². The molecule has 0 amide bonds. The molecule has 434 valence electrons. The van der Waals surface area contributed by atoms with Crippen molar-refractivity contribution in [3.63, 3.8) is 0 Å². The molecule has 0 heterocycles. The third kappa shape index (κ3) is 60.3. The summed E-state index contributed by atoms with van der Waals surface area (Å²) in [5.74, 6) is -0.835. The molecule has 0 saturated heterocycles. The van der Waals surface area contributed by atoms with Gasteiger partial charge in [0.05, 0.1) is 13.2 Å². The number of nitrogens with two attached hydrogens (primary N) is 1. The summed E-state index contributed by atoms with van der Waals surface area (Å²) in [5.41, 5.74) is 5.39. The molecule has 2 unspecified atom stereocenters. The van der Waals surface area contributed by atoms with Crippen LogP contribution in [-0.4, -0.2) is 49.3 Å². The fraction of sp³-hybridized carbons (Fsp3) is 0.754. The molecule has 0 aromatic heterocycles. The van der Waals surface area contributed by atoms with Crippen LogP contribution >= 0.6 is 7.82 Å². The minimum Gasteiger partial charge on any atom is -0.462 e. The lowest BCUT2D eigenvalue weighted by Gasteiger charge is -2.19. The highest BCUT2D eigenvalue weighted by atomic mass is 31.2. The number of hydrogen-bond donors (Lipinski definition) is 2. The van der Waals surface area contributed by atoms with Crippen molar-refractivity contribution in [3.8, 4) is 0 Å². The van der Waals surface area contributed by atoms with Gasteiger partial charge < -0.3 is 20.1 Å². The van der Waals surface area contributed by atoms with Crippen LogP contribution in [-0.2, 0) is 32.7 Å². The van der Waals surface area contributed by atoms with Crippen LogP contribution < -0.4 is 5.73 Å². The number of allylic oxidation sites excluding steroid dienone is 14. The Balaban J connectivity index is 3.93. The predicted molar refractivity (Wildman–Crippen MR) is 321 cm³/mol. The summed E-state index contributed by atoms with van der Waals surface area (Å²) < 4.78 is 33.1. The van der Waals surface area contributed by atoms with Crippen LogP contribution in [0.4, 0.5) is 0 Å². The smallest absolute Gasteiger partial charge is 0.462 e. The maximum atomic E-state index is 12.7. The molecule has 0 spiro atoms. The SMILES string of the molecule is CC/C=C\C/C=C\C/C=C\C/C=C\C/C=C\CCCCCCCCCC(=O)OC(COC(=O)CCCCCCCCCCCCCCCCCCCCC/C=C\C/C=C\CCCCCCC)COP(=O)(O)OCCN. The number of phosphoric acid groups is 1. The molecule has 10 heteroatoms. The summed E-state index contributed by atoms with van der Waals surface area (Å²) in [6.07, 6.45) is 79.4. The van der Waals surface area contributed by atoms with E-state index in [0.717, 1.165) is 83.5 Å². The number of hydrogen-bond acceptors (Lipinski definition) is 8. The molecule has 0 aromatic rings. The van der Waals surface area contributed by atoms with Crippen LogP contribution in [0, 0.1) is 0 Å². The normalized spacial score (nSPS) is 13.6. The Morgan fingerprint density at radius 1 is 0.413 bits per heavy atom. The largest absolute Gasteiger partial charge is 0.472 e. The highest BCUT2D eigenvalue weighted by molar-refractivity contribution is 7.47. The van der Waals surface area contributed by atoms with E-state index in [2.05, 4.69) is 98.9 Å². The Labute approximate surface area is 462 Å². The molecular formula is C65H116NO8P. The number of rotatable bonds is 58. The molecular weight excluding hydrogens is 954 g/mol. The summed E-state index contributed by atoms with van der Waals surface area (Å²) in [6.45, 7) is 3.63. The minimum absolute atomic E-state index is 0.0486. The van der Waals surface area contributed by atoms with Gasteiger partial charge in [-0.15, -0.1) is 0 Å². The van der Waals surface area contributed by atoms with Crippen molar-refractivity contribution in [1.29, 1.82) is 0 Å². The van der Waals surface area contributed by atoms with E-state index in [-0.39, 0.29) is 38.6 Å². The molecule has 0 bridgehead atoms. The van der Waals surface area contributed by atoms with Gasteiger partial charge in [0.15, 0.2) is 6.10 Å². The zero-order valence-electron chi connectivity index (χ0n) is 48.5. The summed E-state index contributed by atoms with van der Waals surface area (Å²) in [4.78, 5) is 35.2. The number of esters is 2. The monoisotopic (exact) mass is 1070 g/mol. The highest BCUT2D eigenvalue weighted by Gasteiger charge is 2.26. The fourth-order valence-electron chi connectivity index (χ4n) is 8.69. The van der Waals surface area contributed by atoms with Crippen LogP contribution in [0.3, 0.4) is 0 Å². The number of phosphoric ester groups is 1. The quantitative estimate of drug-likeness (QED) is 0.0264. The first-order chi connectivity index (χ1) is 36.8. The van der Waals surface area contributed by atoms with Gasteiger partial charge in [0.25, 0.3) is 0 Å². The van der Waals surface area contributed by atoms with E-state index in [4.69, 9.17) is 24.3 Å². The van der Waals surface area contributed by atoms with E-state index >= 15 is 0 Å². The Bertz CT molecular complexity index is 1500. The van der Waals surface area contributed by atoms with Crippen LogP contribution in [0.15, 0.2) is 85.1 Å². The van der Waals surface area contributed by atoms with Crippen LogP contribution in [0.1, 0.15) is 284 Å². The third-order valence-electron chi connectivity index (χ3n) is 13.3. The lowest BCUT2D eigenvalue weighted by Crippen LogP contribution is -2.29. The number of ether oxygens (including phenoxy) is 2. The Hall–Kier alpha value is -2.81. The summed E-state index contributed by atoms with van der Waals surface area (Å²) in [7, 11) is -4.40. The Kier molecular flexibility index (Phi) is 58.2. The molecule has 75 heavy (non-hydrogen) atoms. The summed E-state index contributed by atoms with van der Waals surface area (Å²) in [5, 5.41) is 0. The fourth-order valence-corrected chi connectivity index (χ4v) is 9.46. The van der Waals surface area contributed by atoms with Gasteiger partial charge >= 0.3 is 19.8 Å². The van der Waals surface area contributed by atoms with E-state index < -0.39 is 26.5 Å². The van der Waals surface area contributed by atoms with E-state index in [0.29, 0.717) is 6.42 Å². The van der Waals surface area contributed by atoms with Crippen molar-refractivity contribution in [2.45, 2.75) is 290 Å². The number of carbonyl (C=O) groups excluding carboxylic acids is 2. The average molecular weight is 1070 g/mol. The summed E-state index contributed by atoms with van der Waals surface area (Å²) >= 11 is 0. The first-order valence-corrected chi connectivity index (χ1v) is 32.6. The van der Waals surface area contributed by atoms with Crippen molar-refractivity contribution in [2.24, 2.45) is 5.73 Å². The van der Waals surface area contributed by atoms with Gasteiger partial charge in [0, 0.05) is 19.4 Å². The molecule has 3 N–H and O–H groups in total. The third-order valence-corrected chi connectivity index (χ3v) is 14.2. The van der Waals surface area contributed by atoms with E-state index in [1.807, 2.05) is 0 Å². The van der Waals surface area contributed by atoms with Crippen molar-refractivity contribution in [1.82, 2.24) is 0 Å². The zero-order chi connectivity index (χ0) is 54.5. The summed E-state index contributed by atoms with van der Waals surface area (Å²) in [6, 6.07) is 0. The van der Waals surface area contributed by atoms with Crippen molar-refractivity contribution in [3.05, 3.63) is 85.1 Å². The van der Waals surface area contributed by atoms with Crippen molar-refractivity contribution >= 4 is 19.8 Å². The molecule has 0 radical (unpaired) electrons. The van der Waals surface area contributed by atoms with Crippen LogP contribution in [0.25, 0.3) is 0 Å². The molecule has 0 saturated carbocycles. The van der Waals surface area contributed by atoms with Gasteiger partial charge in [0.1, 0.15) is 6.61 Å². The Morgan fingerprint density at radius 3 is 1.09 bits per heavy atom. The van der Waals surface area contributed by atoms with Crippen molar-refractivity contribution in [2.75, 3.05) is 26.4 Å². The molecule has 0 aromatic carbocycles. The molecule has 0 aliphatic carbocycles. The first-order valence-electron chi connectivity index (χ1n) is 31.1. The second-order valence-electron chi connectivity index (χ2n) is 20.5. The van der Waals surface area contributed by atoms with Gasteiger partial charge in [-0.1, -0.05) is 266 Å². The second kappa shape index (κ2) is 60.4. The standard InChI is InChI=1S/C65H116NO8P/c1-3-5-7-9-11-13-15-17-19-21-23-25-27-28-29-30-31-32-33-34-36-37-39-41-43-45-47-49-51-53-55-57-64(67)71-61-63(62-73-75(69,70)72-60-59-66)74-65(68)58-56-54-52-50-48-46-44-42-40-38-35-26-24-22-20-18-16-14-12-10-8-6-4-2/h6,8,12,14-15,17-18,20-21,23-24,26,38,40,63H,3-5,7,9-11,13,16,19,22,25,27-37,39,41-62,66H2,1-2H3,(H,69,70)/b8-6-,14-12-,17-15-,20-18-,23-21-,26-24-,40-38-. The Morgan fingerprint density at radius 2 is 0.733 bits per heavy atom.